The van der Waals surface area contributed by atoms with E-state index < -0.39 is 0 Å². The summed E-state index contributed by atoms with van der Waals surface area (Å²) in [6.07, 6.45) is 51.2. The third kappa shape index (κ3) is 56.1. The van der Waals surface area contributed by atoms with Crippen molar-refractivity contribution in [2.45, 2.75) is 328 Å². The van der Waals surface area contributed by atoms with Crippen molar-refractivity contribution in [1.29, 1.82) is 0 Å². The Kier molecular flexibility index (Phi) is 59.5. The standard InChI is InChI=1S/C65H135N5O4/c1-6-10-14-18-22-26-30-34-44-62(71)57-61(5)43-38-51-69(52-39-48-66-58-63(72)45-35-31-27-23-19-15-11-7-2)55-42-56-70(53-40-49-67-59-64(73)46-36-32-28-24-20-16-12-8-3)54-41-50-68-60-65(74)47-37-33-29-25-21-17-13-9-4/h62-68,71-74H,5-60H2,1-4H3. The second-order valence-corrected chi connectivity index (χ2v) is 23.4. The molecule has 0 aliphatic heterocycles. The lowest BCUT2D eigenvalue weighted by Gasteiger charge is -2.27. The molecule has 4 atom stereocenters. The van der Waals surface area contributed by atoms with E-state index >= 15 is 0 Å². The van der Waals surface area contributed by atoms with Crippen molar-refractivity contribution < 1.29 is 20.4 Å². The quantitative estimate of drug-likeness (QED) is 0.0236. The third-order valence-corrected chi connectivity index (χ3v) is 15.7. The zero-order valence-corrected chi connectivity index (χ0v) is 50.6. The Morgan fingerprint density at radius 1 is 0.311 bits per heavy atom. The molecule has 0 saturated carbocycles. The molecule has 0 saturated heterocycles. The number of rotatable bonds is 64. The van der Waals surface area contributed by atoms with E-state index in [0.29, 0.717) is 19.6 Å². The average Bonchev–Trinajstić information content (AvgIpc) is 3.38. The van der Waals surface area contributed by atoms with Crippen LogP contribution in [0.25, 0.3) is 0 Å². The molecule has 0 amide bonds. The lowest BCUT2D eigenvalue weighted by Crippen LogP contribution is -2.36. The number of hydrogen-bond acceptors (Lipinski definition) is 9. The molecule has 0 radical (unpaired) electrons. The Hall–Kier alpha value is -0.620. The van der Waals surface area contributed by atoms with Gasteiger partial charge in [-0.25, -0.2) is 0 Å². The summed E-state index contributed by atoms with van der Waals surface area (Å²) in [5, 5.41) is 53.6. The maximum atomic E-state index is 10.8. The van der Waals surface area contributed by atoms with Gasteiger partial charge in [-0.2, -0.15) is 0 Å². The van der Waals surface area contributed by atoms with Crippen molar-refractivity contribution in [2.24, 2.45) is 0 Å². The van der Waals surface area contributed by atoms with E-state index in [1.54, 1.807) is 0 Å². The van der Waals surface area contributed by atoms with Gasteiger partial charge in [0.2, 0.25) is 0 Å². The predicted octanol–water partition coefficient (Wildman–Crippen LogP) is 15.2. The minimum absolute atomic E-state index is 0.254. The molecule has 0 aromatic carbocycles. The van der Waals surface area contributed by atoms with E-state index in [4.69, 9.17) is 0 Å². The number of nitrogens with zero attached hydrogens (tertiary/aromatic N) is 2. The van der Waals surface area contributed by atoms with Crippen LogP contribution in [-0.2, 0) is 0 Å². The van der Waals surface area contributed by atoms with Crippen molar-refractivity contribution >= 4 is 0 Å². The Bertz CT molecular complexity index is 1050. The van der Waals surface area contributed by atoms with Gasteiger partial charge in [-0.15, -0.1) is 0 Å². The van der Waals surface area contributed by atoms with Gasteiger partial charge >= 0.3 is 0 Å². The molecule has 0 heterocycles. The third-order valence-electron chi connectivity index (χ3n) is 15.7. The van der Waals surface area contributed by atoms with Crippen LogP contribution in [-0.4, -0.2) is 133 Å². The van der Waals surface area contributed by atoms with Crippen LogP contribution in [0.5, 0.6) is 0 Å². The van der Waals surface area contributed by atoms with Gasteiger partial charge in [0, 0.05) is 19.6 Å². The van der Waals surface area contributed by atoms with Gasteiger partial charge in [-0.1, -0.05) is 245 Å². The number of aliphatic hydroxyl groups excluding tert-OH is 4. The molecule has 0 rings (SSSR count). The first kappa shape index (κ1) is 73.4. The molecule has 0 aliphatic rings. The summed E-state index contributed by atoms with van der Waals surface area (Å²) < 4.78 is 0. The molecule has 0 aliphatic carbocycles. The first-order valence-corrected chi connectivity index (χ1v) is 33.2. The van der Waals surface area contributed by atoms with Crippen molar-refractivity contribution in [3.05, 3.63) is 12.2 Å². The largest absolute Gasteiger partial charge is 0.393 e. The molecule has 9 nitrogen and oxygen atoms in total. The highest BCUT2D eigenvalue weighted by Crippen LogP contribution is 2.18. The summed E-state index contributed by atoms with van der Waals surface area (Å²) in [6, 6.07) is 0. The maximum Gasteiger partial charge on any atom is 0.0664 e. The van der Waals surface area contributed by atoms with Gasteiger partial charge in [0.15, 0.2) is 0 Å². The van der Waals surface area contributed by atoms with Crippen molar-refractivity contribution in [3.63, 3.8) is 0 Å². The fourth-order valence-corrected chi connectivity index (χ4v) is 10.7. The predicted molar refractivity (Wildman–Crippen MR) is 326 cm³/mol. The van der Waals surface area contributed by atoms with Crippen LogP contribution < -0.4 is 16.0 Å². The van der Waals surface area contributed by atoms with Crippen LogP contribution in [0.15, 0.2) is 12.2 Å². The molecule has 74 heavy (non-hydrogen) atoms. The minimum atomic E-state index is -0.262. The van der Waals surface area contributed by atoms with E-state index in [1.807, 2.05) is 0 Å². The smallest absolute Gasteiger partial charge is 0.0664 e. The molecular formula is C65H135N5O4. The Labute approximate surface area is 463 Å². The monoisotopic (exact) mass is 1050 g/mol. The summed E-state index contributed by atoms with van der Waals surface area (Å²) in [5.74, 6) is 0. The molecule has 0 bridgehead atoms. The first-order valence-electron chi connectivity index (χ1n) is 33.2. The molecule has 444 valence electrons. The van der Waals surface area contributed by atoms with E-state index in [2.05, 4.69) is 60.0 Å². The Balaban J connectivity index is 5.15. The fraction of sp³-hybridized carbons (Fsp3) is 0.969. The van der Waals surface area contributed by atoms with Crippen LogP contribution in [0.3, 0.4) is 0 Å². The summed E-state index contributed by atoms with van der Waals surface area (Å²) in [6.45, 7) is 24.7. The summed E-state index contributed by atoms with van der Waals surface area (Å²) >= 11 is 0. The van der Waals surface area contributed by atoms with Gasteiger partial charge in [-0.3, -0.25) is 0 Å². The number of unbranched alkanes of at least 4 members (excludes halogenated alkanes) is 28. The number of nitrogens with one attached hydrogen (secondary N) is 3. The SMILES string of the molecule is C=C(CCCN(CCCNCC(O)CCCCCCCCCC)CCCN(CCCNCC(O)CCCCCCCCCC)CCCNCC(O)CCCCCCCCCC)CC(O)CCCCCCCCCC. The molecule has 0 spiro atoms. The molecule has 9 heteroatoms. The van der Waals surface area contributed by atoms with Crippen LogP contribution in [0.1, 0.15) is 304 Å². The van der Waals surface area contributed by atoms with Gasteiger partial charge < -0.3 is 46.2 Å². The zero-order valence-electron chi connectivity index (χ0n) is 50.6. The molecule has 4 unspecified atom stereocenters. The maximum absolute atomic E-state index is 10.8. The van der Waals surface area contributed by atoms with Crippen LogP contribution >= 0.6 is 0 Å². The molecular weight excluding hydrogens is 915 g/mol. The average molecular weight is 1050 g/mol. The van der Waals surface area contributed by atoms with E-state index in [-0.39, 0.29) is 24.4 Å². The van der Waals surface area contributed by atoms with Crippen LogP contribution in [0.4, 0.5) is 0 Å². The fourth-order valence-electron chi connectivity index (χ4n) is 10.7. The topological polar surface area (TPSA) is 123 Å². The van der Waals surface area contributed by atoms with E-state index in [0.717, 1.165) is 155 Å². The lowest BCUT2D eigenvalue weighted by molar-refractivity contribution is 0.156. The normalized spacial score (nSPS) is 13.6. The highest BCUT2D eigenvalue weighted by atomic mass is 16.3. The van der Waals surface area contributed by atoms with Gasteiger partial charge in [0.1, 0.15) is 0 Å². The number of aliphatic hydroxyl groups is 4. The van der Waals surface area contributed by atoms with Crippen molar-refractivity contribution in [1.82, 2.24) is 25.8 Å². The summed E-state index contributed by atoms with van der Waals surface area (Å²) in [5.41, 5.74) is 1.19. The second-order valence-electron chi connectivity index (χ2n) is 23.4. The van der Waals surface area contributed by atoms with E-state index in [9.17, 15) is 20.4 Å². The summed E-state index contributed by atoms with van der Waals surface area (Å²) in [4.78, 5) is 5.31. The Morgan fingerprint density at radius 2 is 0.554 bits per heavy atom. The van der Waals surface area contributed by atoms with E-state index in [1.165, 1.54) is 185 Å². The molecule has 0 aromatic heterocycles. The van der Waals surface area contributed by atoms with Gasteiger partial charge in [0.25, 0.3) is 0 Å². The molecule has 0 fully saturated rings. The van der Waals surface area contributed by atoms with Crippen molar-refractivity contribution in [2.75, 3.05) is 78.5 Å². The first-order chi connectivity index (χ1) is 36.2. The zero-order chi connectivity index (χ0) is 54.1. The highest BCUT2D eigenvalue weighted by Gasteiger charge is 2.13. The second kappa shape index (κ2) is 60.0. The van der Waals surface area contributed by atoms with Gasteiger partial charge in [-0.05, 0) is 130 Å². The molecule has 7 N–H and O–H groups in total. The minimum Gasteiger partial charge on any atom is -0.393 e. The number of hydrogen-bond donors (Lipinski definition) is 7. The van der Waals surface area contributed by atoms with Crippen LogP contribution in [0.2, 0.25) is 0 Å². The molecule has 0 aromatic rings. The highest BCUT2D eigenvalue weighted by molar-refractivity contribution is 4.96. The Morgan fingerprint density at radius 3 is 0.851 bits per heavy atom. The van der Waals surface area contributed by atoms with Crippen molar-refractivity contribution in [3.8, 4) is 0 Å². The lowest BCUT2D eigenvalue weighted by atomic mass is 10.00. The van der Waals surface area contributed by atoms with Crippen LogP contribution in [0, 0.1) is 0 Å². The van der Waals surface area contributed by atoms with Gasteiger partial charge in [0.05, 0.1) is 24.4 Å². The summed E-state index contributed by atoms with van der Waals surface area (Å²) in [7, 11) is 0.